The van der Waals surface area contributed by atoms with Gasteiger partial charge in [-0.25, -0.2) is 21.6 Å². The second-order valence-electron chi connectivity index (χ2n) is 8.72. The SMILES string of the molecule is O=S(=O)(N[C@H]1CC[C@@H](Nc2ccnc3cc(Cl)ccc23)CC1)c1ccc(S(=O)(=O)c2ccccc2)s1. The fourth-order valence-electron chi connectivity index (χ4n) is 4.41. The second-order valence-corrected chi connectivity index (χ2v) is 14.4. The van der Waals surface area contributed by atoms with E-state index in [2.05, 4.69) is 15.0 Å². The van der Waals surface area contributed by atoms with Crippen LogP contribution in [0.3, 0.4) is 0 Å². The number of pyridine rings is 1. The topological polar surface area (TPSA) is 105 Å². The van der Waals surface area contributed by atoms with Crippen LogP contribution in [-0.2, 0) is 19.9 Å². The lowest BCUT2D eigenvalue weighted by atomic mass is 9.91. The van der Waals surface area contributed by atoms with Crippen LogP contribution >= 0.6 is 22.9 Å². The molecule has 0 bridgehead atoms. The number of sulfone groups is 1. The zero-order valence-corrected chi connectivity index (χ0v) is 22.3. The average molecular weight is 562 g/mol. The number of anilines is 1. The van der Waals surface area contributed by atoms with Crippen molar-refractivity contribution in [1.82, 2.24) is 9.71 Å². The van der Waals surface area contributed by atoms with Gasteiger partial charge in [0.05, 0.1) is 10.4 Å². The predicted octanol–water partition coefficient (Wildman–Crippen LogP) is 5.48. The lowest BCUT2D eigenvalue weighted by Crippen LogP contribution is -2.39. The van der Waals surface area contributed by atoms with Gasteiger partial charge in [-0.05, 0) is 74.2 Å². The Balaban J connectivity index is 1.22. The Bertz CT molecular complexity index is 1600. The van der Waals surface area contributed by atoms with E-state index in [1.54, 1.807) is 24.4 Å². The summed E-state index contributed by atoms with van der Waals surface area (Å²) in [6, 6.07) is 18.2. The normalized spacial score (nSPS) is 18.8. The molecular formula is C25H24ClN3O4S3. The lowest BCUT2D eigenvalue weighted by molar-refractivity contribution is 0.387. The van der Waals surface area contributed by atoms with Gasteiger partial charge in [-0.15, -0.1) is 11.3 Å². The highest BCUT2D eigenvalue weighted by Gasteiger charge is 2.29. The average Bonchev–Trinajstić information content (AvgIpc) is 3.38. The molecule has 2 N–H and O–H groups in total. The van der Waals surface area contributed by atoms with Crippen LogP contribution in [0.4, 0.5) is 5.69 Å². The minimum Gasteiger partial charge on any atom is -0.382 e. The minimum atomic E-state index is -3.83. The van der Waals surface area contributed by atoms with Crippen molar-refractivity contribution in [3.05, 3.63) is 77.9 Å². The van der Waals surface area contributed by atoms with Crippen molar-refractivity contribution in [2.45, 2.75) is 51.1 Å². The molecule has 11 heteroatoms. The Labute approximate surface area is 219 Å². The summed E-state index contributed by atoms with van der Waals surface area (Å²) in [5.41, 5.74) is 1.80. The number of benzene rings is 2. The summed E-state index contributed by atoms with van der Waals surface area (Å²) >= 11 is 6.85. The molecule has 0 saturated heterocycles. The summed E-state index contributed by atoms with van der Waals surface area (Å²) in [7, 11) is -7.59. The Hall–Kier alpha value is -2.50. The lowest BCUT2D eigenvalue weighted by Gasteiger charge is -2.30. The third-order valence-corrected chi connectivity index (χ3v) is 11.8. The van der Waals surface area contributed by atoms with Crippen LogP contribution in [0.25, 0.3) is 10.9 Å². The summed E-state index contributed by atoms with van der Waals surface area (Å²) in [6.07, 6.45) is 4.68. The molecule has 0 radical (unpaired) electrons. The molecule has 4 aromatic rings. The Kier molecular flexibility index (Phi) is 7.06. The van der Waals surface area contributed by atoms with E-state index < -0.39 is 19.9 Å². The van der Waals surface area contributed by atoms with Gasteiger partial charge in [-0.2, -0.15) is 0 Å². The second kappa shape index (κ2) is 10.1. The van der Waals surface area contributed by atoms with Crippen molar-refractivity contribution in [2.75, 3.05) is 5.32 Å². The van der Waals surface area contributed by atoms with Crippen molar-refractivity contribution in [1.29, 1.82) is 0 Å². The molecule has 0 unspecified atom stereocenters. The van der Waals surface area contributed by atoms with E-state index in [4.69, 9.17) is 11.6 Å². The van der Waals surface area contributed by atoms with E-state index in [0.29, 0.717) is 17.9 Å². The van der Waals surface area contributed by atoms with Crippen LogP contribution in [-0.4, -0.2) is 33.9 Å². The quantitative estimate of drug-likeness (QED) is 0.309. The molecule has 0 aliphatic heterocycles. The number of thiophene rings is 1. The summed E-state index contributed by atoms with van der Waals surface area (Å²) in [5.74, 6) is 0. The van der Waals surface area contributed by atoms with Crippen LogP contribution in [0, 0.1) is 0 Å². The van der Waals surface area contributed by atoms with Crippen molar-refractivity contribution in [2.24, 2.45) is 0 Å². The van der Waals surface area contributed by atoms with E-state index in [9.17, 15) is 16.8 Å². The fraction of sp³-hybridized carbons (Fsp3) is 0.240. The number of rotatable bonds is 7. The number of halogens is 1. The number of fused-ring (bicyclic) bond motifs is 1. The molecular weight excluding hydrogens is 538 g/mol. The highest BCUT2D eigenvalue weighted by atomic mass is 35.5. The van der Waals surface area contributed by atoms with E-state index in [1.165, 1.54) is 24.3 Å². The fourth-order valence-corrected chi connectivity index (χ4v) is 9.09. The molecule has 0 atom stereocenters. The smallest absolute Gasteiger partial charge is 0.250 e. The van der Waals surface area contributed by atoms with Crippen molar-refractivity contribution in [3.8, 4) is 0 Å². The maximum Gasteiger partial charge on any atom is 0.250 e. The standard InChI is InChI=1S/C25H24ClN3O4S3/c26-17-6-11-21-22(14-15-27-23(21)16-17)28-18-7-9-19(10-8-18)29-36(32,33)25-13-12-24(34-25)35(30,31)20-4-2-1-3-5-20/h1-6,11-16,18-19,29H,7-10H2,(H,27,28)/t18-,19+. The molecule has 36 heavy (non-hydrogen) atoms. The van der Waals surface area contributed by atoms with Gasteiger partial charge in [-0.3, -0.25) is 4.98 Å². The summed E-state index contributed by atoms with van der Waals surface area (Å²) in [4.78, 5) is 4.51. The van der Waals surface area contributed by atoms with Gasteiger partial charge >= 0.3 is 0 Å². The van der Waals surface area contributed by atoms with Crippen molar-refractivity contribution < 1.29 is 16.8 Å². The minimum absolute atomic E-state index is 0.000768. The number of sulfonamides is 1. The third kappa shape index (κ3) is 5.28. The third-order valence-electron chi connectivity index (χ3n) is 6.25. The number of nitrogens with zero attached hydrogens (tertiary/aromatic N) is 1. The largest absolute Gasteiger partial charge is 0.382 e. The summed E-state index contributed by atoms with van der Waals surface area (Å²) in [5, 5.41) is 5.19. The first kappa shape index (κ1) is 25.2. The Morgan fingerprint density at radius 1 is 0.833 bits per heavy atom. The van der Waals surface area contributed by atoms with Gasteiger partial charge in [-0.1, -0.05) is 29.8 Å². The molecule has 2 aromatic heterocycles. The van der Waals surface area contributed by atoms with Crippen LogP contribution < -0.4 is 10.0 Å². The first-order valence-corrected chi connectivity index (χ1v) is 15.6. The van der Waals surface area contributed by atoms with E-state index >= 15 is 0 Å². The van der Waals surface area contributed by atoms with E-state index in [1.807, 2.05) is 24.3 Å². The van der Waals surface area contributed by atoms with Crippen LogP contribution in [0.1, 0.15) is 25.7 Å². The van der Waals surface area contributed by atoms with Gasteiger partial charge < -0.3 is 5.32 Å². The van der Waals surface area contributed by atoms with Gasteiger partial charge in [0.25, 0.3) is 0 Å². The predicted molar refractivity (Wildman–Crippen MR) is 143 cm³/mol. The van der Waals surface area contributed by atoms with E-state index in [-0.39, 0.29) is 25.4 Å². The number of aromatic nitrogens is 1. The van der Waals surface area contributed by atoms with Gasteiger partial charge in [0, 0.05) is 34.4 Å². The molecule has 2 heterocycles. The molecule has 5 rings (SSSR count). The highest BCUT2D eigenvalue weighted by Crippen LogP contribution is 2.32. The first-order valence-electron chi connectivity index (χ1n) is 11.5. The molecule has 2 aromatic carbocycles. The molecule has 7 nitrogen and oxygen atoms in total. The number of hydrogen-bond donors (Lipinski definition) is 2. The highest BCUT2D eigenvalue weighted by molar-refractivity contribution is 7.95. The number of hydrogen-bond acceptors (Lipinski definition) is 7. The summed E-state index contributed by atoms with van der Waals surface area (Å²) in [6.45, 7) is 0. The summed E-state index contributed by atoms with van der Waals surface area (Å²) < 4.78 is 54.4. The maximum atomic E-state index is 13.0. The molecule has 0 amide bonds. The maximum absolute atomic E-state index is 13.0. The van der Waals surface area contributed by atoms with Gasteiger partial charge in [0.15, 0.2) is 0 Å². The molecule has 1 fully saturated rings. The monoisotopic (exact) mass is 561 g/mol. The van der Waals surface area contributed by atoms with E-state index in [0.717, 1.165) is 40.8 Å². The van der Waals surface area contributed by atoms with Gasteiger partial charge in [0.2, 0.25) is 19.9 Å². The van der Waals surface area contributed by atoms with Crippen molar-refractivity contribution in [3.63, 3.8) is 0 Å². The Morgan fingerprint density at radius 3 is 2.28 bits per heavy atom. The molecule has 0 spiro atoms. The molecule has 1 saturated carbocycles. The van der Waals surface area contributed by atoms with Crippen molar-refractivity contribution >= 4 is 59.4 Å². The molecule has 1 aliphatic rings. The van der Waals surface area contributed by atoms with Gasteiger partial charge in [0.1, 0.15) is 8.42 Å². The zero-order valence-electron chi connectivity index (χ0n) is 19.1. The zero-order chi connectivity index (χ0) is 25.3. The number of nitrogens with one attached hydrogen (secondary N) is 2. The Morgan fingerprint density at radius 2 is 1.53 bits per heavy atom. The van der Waals surface area contributed by atoms with Crippen LogP contribution in [0.2, 0.25) is 5.02 Å². The molecule has 188 valence electrons. The molecule has 1 aliphatic carbocycles. The van der Waals surface area contributed by atoms with Crippen LogP contribution in [0.15, 0.2) is 86.2 Å². The first-order chi connectivity index (χ1) is 17.2. The van der Waals surface area contributed by atoms with Crippen LogP contribution in [0.5, 0.6) is 0 Å².